The SMILES string of the molecule is CC1=NN(C)c2cccc(C)[n+]2C1. The fourth-order valence-electron chi connectivity index (χ4n) is 1.69. The number of pyridine rings is 1. The first-order valence-electron chi connectivity index (χ1n) is 4.46. The molecule has 0 radical (unpaired) electrons. The van der Waals surface area contributed by atoms with Crippen LogP contribution >= 0.6 is 0 Å². The van der Waals surface area contributed by atoms with Gasteiger partial charge < -0.3 is 0 Å². The molecule has 2 heterocycles. The van der Waals surface area contributed by atoms with E-state index in [-0.39, 0.29) is 0 Å². The molecule has 3 nitrogen and oxygen atoms in total. The van der Waals surface area contributed by atoms with Crippen LogP contribution in [0.2, 0.25) is 0 Å². The lowest BCUT2D eigenvalue weighted by molar-refractivity contribution is -0.677. The molecule has 0 saturated carbocycles. The molecule has 0 saturated heterocycles. The van der Waals surface area contributed by atoms with E-state index in [0.717, 1.165) is 18.1 Å². The summed E-state index contributed by atoms with van der Waals surface area (Å²) in [6, 6.07) is 6.27. The van der Waals surface area contributed by atoms with Crippen LogP contribution in [0.4, 0.5) is 5.82 Å². The Kier molecular flexibility index (Phi) is 1.79. The van der Waals surface area contributed by atoms with Gasteiger partial charge in [0.1, 0.15) is 19.3 Å². The van der Waals surface area contributed by atoms with Gasteiger partial charge in [-0.15, -0.1) is 5.01 Å². The van der Waals surface area contributed by atoms with E-state index < -0.39 is 0 Å². The van der Waals surface area contributed by atoms with Crippen molar-refractivity contribution in [3.8, 4) is 0 Å². The molecule has 1 aliphatic rings. The second kappa shape index (κ2) is 2.83. The molecular formula is C10H14N3+. The van der Waals surface area contributed by atoms with Crippen LogP contribution in [0.15, 0.2) is 23.3 Å². The Hall–Kier alpha value is -1.38. The molecule has 0 unspecified atom stereocenters. The summed E-state index contributed by atoms with van der Waals surface area (Å²) in [6.07, 6.45) is 0. The van der Waals surface area contributed by atoms with E-state index >= 15 is 0 Å². The quantitative estimate of drug-likeness (QED) is 0.542. The predicted molar refractivity (Wildman–Crippen MR) is 52.9 cm³/mol. The third kappa shape index (κ3) is 1.30. The maximum Gasteiger partial charge on any atom is 0.302 e. The van der Waals surface area contributed by atoms with Crippen molar-refractivity contribution in [2.75, 3.05) is 12.1 Å². The standard InChI is InChI=1S/C10H14N3/c1-8-7-13-9(2)5-4-6-10(13)12(3)11-8/h4-6H,7H2,1-3H3/q+1. The van der Waals surface area contributed by atoms with Crippen molar-refractivity contribution in [3.63, 3.8) is 0 Å². The predicted octanol–water partition coefficient (Wildman–Crippen LogP) is 1.11. The van der Waals surface area contributed by atoms with Gasteiger partial charge in [0.2, 0.25) is 0 Å². The van der Waals surface area contributed by atoms with Gasteiger partial charge in [-0.2, -0.15) is 0 Å². The van der Waals surface area contributed by atoms with Crippen LogP contribution < -0.4 is 9.58 Å². The Morgan fingerprint density at radius 1 is 1.38 bits per heavy atom. The second-order valence-corrected chi connectivity index (χ2v) is 3.47. The molecule has 1 aliphatic heterocycles. The van der Waals surface area contributed by atoms with Crippen LogP contribution in [0.3, 0.4) is 0 Å². The highest BCUT2D eigenvalue weighted by atomic mass is 15.5. The summed E-state index contributed by atoms with van der Waals surface area (Å²) in [7, 11) is 1.98. The van der Waals surface area contributed by atoms with Gasteiger partial charge in [-0.05, 0) is 19.9 Å². The first-order valence-corrected chi connectivity index (χ1v) is 4.46. The zero-order valence-corrected chi connectivity index (χ0v) is 8.28. The van der Waals surface area contributed by atoms with Gasteiger partial charge >= 0.3 is 5.82 Å². The van der Waals surface area contributed by atoms with Crippen LogP contribution in [-0.2, 0) is 6.54 Å². The summed E-state index contributed by atoms with van der Waals surface area (Å²) in [5.74, 6) is 1.16. The number of anilines is 1. The fourth-order valence-corrected chi connectivity index (χ4v) is 1.69. The van der Waals surface area contributed by atoms with Crippen molar-refractivity contribution < 1.29 is 4.57 Å². The second-order valence-electron chi connectivity index (χ2n) is 3.47. The molecule has 0 fully saturated rings. The Morgan fingerprint density at radius 2 is 2.15 bits per heavy atom. The smallest absolute Gasteiger partial charge is 0.225 e. The molecule has 0 amide bonds. The Morgan fingerprint density at radius 3 is 2.92 bits per heavy atom. The Bertz CT molecular complexity index is 368. The molecule has 2 rings (SSSR count). The van der Waals surface area contributed by atoms with Gasteiger partial charge in [-0.3, -0.25) is 0 Å². The number of hydrogen-bond donors (Lipinski definition) is 0. The maximum atomic E-state index is 4.39. The van der Waals surface area contributed by atoms with E-state index in [9.17, 15) is 0 Å². The summed E-state index contributed by atoms with van der Waals surface area (Å²) < 4.78 is 2.27. The summed E-state index contributed by atoms with van der Waals surface area (Å²) in [6.45, 7) is 5.08. The average Bonchev–Trinajstić information content (AvgIpc) is 2.07. The van der Waals surface area contributed by atoms with Crippen molar-refractivity contribution in [2.24, 2.45) is 5.10 Å². The largest absolute Gasteiger partial charge is 0.302 e. The zero-order chi connectivity index (χ0) is 9.42. The molecule has 3 heteroatoms. The molecule has 1 aromatic rings. The van der Waals surface area contributed by atoms with Crippen LogP contribution in [0, 0.1) is 6.92 Å². The molecule has 1 aromatic heterocycles. The third-order valence-corrected chi connectivity index (χ3v) is 2.32. The van der Waals surface area contributed by atoms with E-state index in [0.29, 0.717) is 0 Å². The minimum Gasteiger partial charge on any atom is -0.225 e. The highest BCUT2D eigenvalue weighted by Gasteiger charge is 2.22. The minimum absolute atomic E-state index is 0.909. The van der Waals surface area contributed by atoms with E-state index in [1.165, 1.54) is 5.69 Å². The van der Waals surface area contributed by atoms with Crippen molar-refractivity contribution in [2.45, 2.75) is 20.4 Å². The molecule has 0 N–H and O–H groups in total. The van der Waals surface area contributed by atoms with Crippen molar-refractivity contribution in [1.29, 1.82) is 0 Å². The summed E-state index contributed by atoms with van der Waals surface area (Å²) >= 11 is 0. The molecule has 13 heavy (non-hydrogen) atoms. The van der Waals surface area contributed by atoms with Gasteiger partial charge in [0.15, 0.2) is 0 Å². The van der Waals surface area contributed by atoms with Crippen molar-refractivity contribution >= 4 is 11.5 Å². The average molecular weight is 176 g/mol. The topological polar surface area (TPSA) is 19.5 Å². The van der Waals surface area contributed by atoms with Gasteiger partial charge in [-0.1, -0.05) is 11.2 Å². The van der Waals surface area contributed by atoms with Crippen molar-refractivity contribution in [3.05, 3.63) is 23.9 Å². The lowest BCUT2D eigenvalue weighted by atomic mass is 10.3. The van der Waals surface area contributed by atoms with E-state index in [2.05, 4.69) is 41.7 Å². The fraction of sp³-hybridized carbons (Fsp3) is 0.400. The monoisotopic (exact) mass is 176 g/mol. The van der Waals surface area contributed by atoms with E-state index in [1.807, 2.05) is 12.1 Å². The molecular weight excluding hydrogens is 162 g/mol. The lowest BCUT2D eigenvalue weighted by Gasteiger charge is -2.17. The first-order chi connectivity index (χ1) is 6.18. The lowest BCUT2D eigenvalue weighted by Crippen LogP contribution is -2.48. The summed E-state index contributed by atoms with van der Waals surface area (Å²) in [5, 5.41) is 6.32. The third-order valence-electron chi connectivity index (χ3n) is 2.32. The number of hydrazone groups is 1. The minimum atomic E-state index is 0.909. The molecule has 68 valence electrons. The first kappa shape index (κ1) is 8.23. The number of fused-ring (bicyclic) bond motifs is 1. The molecule has 0 bridgehead atoms. The van der Waals surface area contributed by atoms with Gasteiger partial charge in [0.25, 0.3) is 0 Å². The highest BCUT2D eigenvalue weighted by molar-refractivity contribution is 5.82. The number of aryl methyl sites for hydroxylation is 1. The van der Waals surface area contributed by atoms with Crippen LogP contribution in [0.1, 0.15) is 12.6 Å². The van der Waals surface area contributed by atoms with Crippen LogP contribution in [0.5, 0.6) is 0 Å². The molecule has 0 aromatic carbocycles. The number of aromatic nitrogens is 1. The van der Waals surface area contributed by atoms with E-state index in [4.69, 9.17) is 0 Å². The van der Waals surface area contributed by atoms with Gasteiger partial charge in [-0.25, -0.2) is 4.57 Å². The number of hydrogen-bond acceptors (Lipinski definition) is 2. The van der Waals surface area contributed by atoms with Gasteiger partial charge in [0.05, 0.1) is 5.71 Å². The molecule has 0 spiro atoms. The highest BCUT2D eigenvalue weighted by Crippen LogP contribution is 2.11. The maximum absolute atomic E-state index is 4.39. The number of rotatable bonds is 0. The van der Waals surface area contributed by atoms with E-state index in [1.54, 1.807) is 0 Å². The number of nitrogens with zero attached hydrogens (tertiary/aromatic N) is 3. The summed E-state index contributed by atoms with van der Waals surface area (Å²) in [5.41, 5.74) is 2.42. The van der Waals surface area contributed by atoms with Crippen LogP contribution in [0.25, 0.3) is 0 Å². The van der Waals surface area contributed by atoms with Crippen LogP contribution in [-0.4, -0.2) is 12.8 Å². The normalized spacial score (nSPS) is 15.3. The summed E-state index contributed by atoms with van der Waals surface area (Å²) in [4.78, 5) is 0. The molecule has 0 aliphatic carbocycles. The molecule has 0 atom stereocenters. The Balaban J connectivity index is 2.55. The Labute approximate surface area is 78.3 Å². The van der Waals surface area contributed by atoms with Gasteiger partial charge in [0, 0.05) is 6.07 Å². The van der Waals surface area contributed by atoms with Crippen molar-refractivity contribution in [1.82, 2.24) is 0 Å². The zero-order valence-electron chi connectivity index (χ0n) is 8.28.